The second-order valence-electron chi connectivity index (χ2n) is 7.79. The lowest BCUT2D eigenvalue weighted by atomic mass is 10.1. The first-order valence-corrected chi connectivity index (χ1v) is 10.4. The zero-order valence-electron chi connectivity index (χ0n) is 17.4. The average molecular weight is 409 g/mol. The first-order valence-electron chi connectivity index (χ1n) is 10.4. The molecule has 9 heteroatoms. The molecule has 158 valence electrons. The molecule has 2 aliphatic rings. The van der Waals surface area contributed by atoms with Gasteiger partial charge in [0.15, 0.2) is 0 Å². The van der Waals surface area contributed by atoms with Gasteiger partial charge >= 0.3 is 0 Å². The summed E-state index contributed by atoms with van der Waals surface area (Å²) < 4.78 is 13.2. The molecule has 0 bridgehead atoms. The van der Waals surface area contributed by atoms with Crippen LogP contribution in [0.5, 0.6) is 0 Å². The van der Waals surface area contributed by atoms with E-state index in [-0.39, 0.29) is 12.1 Å². The lowest BCUT2D eigenvalue weighted by Crippen LogP contribution is -2.49. The Hall–Kier alpha value is -2.91. The molecule has 0 amide bonds. The normalized spacial score (nSPS) is 22.6. The van der Waals surface area contributed by atoms with Crippen molar-refractivity contribution in [2.45, 2.75) is 26.0 Å². The maximum absolute atomic E-state index is 6.30. The lowest BCUT2D eigenvalue weighted by molar-refractivity contribution is 0.0281. The van der Waals surface area contributed by atoms with Crippen molar-refractivity contribution < 1.29 is 9.47 Å². The predicted molar refractivity (Wildman–Crippen MR) is 116 cm³/mol. The number of imidazole rings is 1. The van der Waals surface area contributed by atoms with Crippen LogP contribution in [0.2, 0.25) is 0 Å². The van der Waals surface area contributed by atoms with Gasteiger partial charge in [0.25, 0.3) is 0 Å². The van der Waals surface area contributed by atoms with Crippen LogP contribution >= 0.6 is 0 Å². The van der Waals surface area contributed by atoms with E-state index in [0.29, 0.717) is 31.7 Å². The average Bonchev–Trinajstić information content (AvgIpc) is 3.11. The highest BCUT2D eigenvalue weighted by atomic mass is 16.5. The molecule has 2 fully saturated rings. The maximum Gasteiger partial charge on any atom is 0.241 e. The number of aromatic nitrogens is 4. The number of fused-ring (bicyclic) bond motifs is 1. The van der Waals surface area contributed by atoms with Crippen LogP contribution in [0.15, 0.2) is 30.3 Å². The van der Waals surface area contributed by atoms with Gasteiger partial charge < -0.3 is 25.0 Å². The second-order valence-corrected chi connectivity index (χ2v) is 7.79. The van der Waals surface area contributed by atoms with Gasteiger partial charge in [0, 0.05) is 25.7 Å². The molecule has 2 N–H and O–H groups in total. The van der Waals surface area contributed by atoms with Gasteiger partial charge in [-0.1, -0.05) is 12.1 Å². The molecule has 0 aliphatic carbocycles. The van der Waals surface area contributed by atoms with Gasteiger partial charge in [-0.3, -0.25) is 0 Å². The van der Waals surface area contributed by atoms with E-state index >= 15 is 0 Å². The van der Waals surface area contributed by atoms with Crippen molar-refractivity contribution in [3.8, 4) is 5.95 Å². The summed E-state index contributed by atoms with van der Waals surface area (Å²) in [6, 6.07) is 10.1. The molecule has 3 aromatic rings. The van der Waals surface area contributed by atoms with Gasteiger partial charge in [-0.05, 0) is 26.0 Å². The first-order chi connectivity index (χ1) is 14.6. The highest BCUT2D eigenvalue weighted by Crippen LogP contribution is 2.28. The SMILES string of the molecule is C[C@@H]1[C@@H](C)OCCN1c1cc(N2CCOCC2)nc(-n2c(N)nc3ccccc32)n1. The van der Waals surface area contributed by atoms with E-state index in [0.717, 1.165) is 42.3 Å². The summed E-state index contributed by atoms with van der Waals surface area (Å²) in [7, 11) is 0. The number of nitrogens with two attached hydrogens (primary N) is 1. The van der Waals surface area contributed by atoms with Crippen LogP contribution in [0, 0.1) is 0 Å². The number of morpholine rings is 2. The monoisotopic (exact) mass is 409 g/mol. The maximum atomic E-state index is 6.30. The minimum absolute atomic E-state index is 0.128. The number of hydrogen-bond acceptors (Lipinski definition) is 8. The van der Waals surface area contributed by atoms with E-state index in [1.165, 1.54) is 0 Å². The number of nitrogen functional groups attached to an aromatic ring is 1. The third-order valence-electron chi connectivity index (χ3n) is 5.99. The number of nitrogens with zero attached hydrogens (tertiary/aromatic N) is 6. The molecule has 1 aromatic carbocycles. The summed E-state index contributed by atoms with van der Waals surface area (Å²) in [5, 5.41) is 0. The Bertz CT molecular complexity index is 1050. The minimum atomic E-state index is 0.128. The molecular weight excluding hydrogens is 382 g/mol. The third-order valence-corrected chi connectivity index (χ3v) is 5.99. The lowest BCUT2D eigenvalue weighted by Gasteiger charge is -2.39. The molecule has 2 atom stereocenters. The molecule has 0 unspecified atom stereocenters. The highest BCUT2D eigenvalue weighted by molar-refractivity contribution is 5.80. The van der Waals surface area contributed by atoms with Crippen molar-refractivity contribution in [3.63, 3.8) is 0 Å². The molecule has 4 heterocycles. The van der Waals surface area contributed by atoms with E-state index in [4.69, 9.17) is 25.2 Å². The Labute approximate surface area is 175 Å². The number of benzene rings is 1. The molecule has 2 aliphatic heterocycles. The Kier molecular flexibility index (Phi) is 4.92. The summed E-state index contributed by atoms with van der Waals surface area (Å²) in [6.07, 6.45) is 0.128. The van der Waals surface area contributed by atoms with Crippen LogP contribution in [-0.2, 0) is 9.47 Å². The Morgan fingerprint density at radius 1 is 0.967 bits per heavy atom. The molecule has 0 spiro atoms. The Morgan fingerprint density at radius 2 is 1.73 bits per heavy atom. The summed E-state index contributed by atoms with van der Waals surface area (Å²) in [5.41, 5.74) is 8.01. The largest absolute Gasteiger partial charge is 0.378 e. The topological polar surface area (TPSA) is 94.6 Å². The van der Waals surface area contributed by atoms with Crippen LogP contribution in [0.4, 0.5) is 17.6 Å². The van der Waals surface area contributed by atoms with Crippen LogP contribution in [0.1, 0.15) is 13.8 Å². The number of rotatable bonds is 3. The van der Waals surface area contributed by atoms with Gasteiger partial charge in [-0.15, -0.1) is 0 Å². The van der Waals surface area contributed by atoms with E-state index in [1.54, 1.807) is 0 Å². The van der Waals surface area contributed by atoms with Crippen molar-refractivity contribution in [2.75, 3.05) is 55.0 Å². The van der Waals surface area contributed by atoms with E-state index in [1.807, 2.05) is 28.8 Å². The molecule has 0 radical (unpaired) electrons. The van der Waals surface area contributed by atoms with Crippen LogP contribution in [0.3, 0.4) is 0 Å². The zero-order valence-corrected chi connectivity index (χ0v) is 17.4. The second kappa shape index (κ2) is 7.73. The van der Waals surface area contributed by atoms with Crippen molar-refractivity contribution in [1.29, 1.82) is 0 Å². The van der Waals surface area contributed by atoms with Crippen LogP contribution < -0.4 is 15.5 Å². The number of ether oxygens (including phenoxy) is 2. The van der Waals surface area contributed by atoms with Crippen molar-refractivity contribution in [1.82, 2.24) is 19.5 Å². The number of hydrogen-bond donors (Lipinski definition) is 1. The quantitative estimate of drug-likeness (QED) is 0.700. The standard InChI is InChI=1S/C21H27N7O2/c1-14-15(2)30-12-9-27(14)19-13-18(26-7-10-29-11-8-26)24-21(25-19)28-17-6-4-3-5-16(17)23-20(28)22/h3-6,13-15H,7-12H2,1-2H3,(H2,22,23)/t14-,15-/m1/s1. The van der Waals surface area contributed by atoms with Crippen LogP contribution in [0.25, 0.3) is 17.0 Å². The fourth-order valence-corrected chi connectivity index (χ4v) is 4.12. The summed E-state index contributed by atoms with van der Waals surface area (Å²) in [5.74, 6) is 2.67. The Balaban J connectivity index is 1.65. The van der Waals surface area contributed by atoms with Gasteiger partial charge in [0.2, 0.25) is 11.9 Å². The van der Waals surface area contributed by atoms with Crippen LogP contribution in [-0.4, -0.2) is 71.1 Å². The van der Waals surface area contributed by atoms with E-state index in [2.05, 4.69) is 34.7 Å². The predicted octanol–water partition coefficient (Wildman–Crippen LogP) is 1.85. The van der Waals surface area contributed by atoms with E-state index < -0.39 is 0 Å². The number of anilines is 3. The van der Waals surface area contributed by atoms with Gasteiger partial charge in [0.1, 0.15) is 11.6 Å². The summed E-state index contributed by atoms with van der Waals surface area (Å²) in [6.45, 7) is 8.70. The molecule has 2 saturated heterocycles. The van der Waals surface area contributed by atoms with Gasteiger partial charge in [-0.25, -0.2) is 9.55 Å². The first kappa shape index (κ1) is 19.1. The minimum Gasteiger partial charge on any atom is -0.378 e. The molecule has 2 aromatic heterocycles. The molecule has 30 heavy (non-hydrogen) atoms. The third kappa shape index (κ3) is 3.33. The summed E-state index contributed by atoms with van der Waals surface area (Å²) in [4.78, 5) is 18.9. The molecular formula is C21H27N7O2. The van der Waals surface area contributed by atoms with Gasteiger partial charge in [-0.2, -0.15) is 9.97 Å². The van der Waals surface area contributed by atoms with Crippen molar-refractivity contribution >= 4 is 28.6 Å². The summed E-state index contributed by atoms with van der Waals surface area (Å²) >= 11 is 0. The number of para-hydroxylation sites is 2. The smallest absolute Gasteiger partial charge is 0.241 e. The van der Waals surface area contributed by atoms with E-state index in [9.17, 15) is 0 Å². The zero-order chi connectivity index (χ0) is 20.7. The van der Waals surface area contributed by atoms with Gasteiger partial charge in [0.05, 0.1) is 43.0 Å². The van der Waals surface area contributed by atoms with Crippen molar-refractivity contribution in [3.05, 3.63) is 30.3 Å². The molecule has 5 rings (SSSR count). The highest BCUT2D eigenvalue weighted by Gasteiger charge is 2.28. The fourth-order valence-electron chi connectivity index (χ4n) is 4.12. The fraction of sp³-hybridized carbons (Fsp3) is 0.476. The molecule has 9 nitrogen and oxygen atoms in total. The Morgan fingerprint density at radius 3 is 2.57 bits per heavy atom. The molecule has 0 saturated carbocycles. The van der Waals surface area contributed by atoms with Crippen molar-refractivity contribution in [2.24, 2.45) is 0 Å².